The second-order valence-corrected chi connectivity index (χ2v) is 5.64. The van der Waals surface area contributed by atoms with Crippen molar-refractivity contribution in [1.82, 2.24) is 5.16 Å². The summed E-state index contributed by atoms with van der Waals surface area (Å²) in [5.41, 5.74) is 3.71. The van der Waals surface area contributed by atoms with Gasteiger partial charge in [0.25, 0.3) is 0 Å². The summed E-state index contributed by atoms with van der Waals surface area (Å²) in [6.07, 6.45) is 0. The van der Waals surface area contributed by atoms with E-state index in [1.54, 1.807) is 30.3 Å². The number of hydrogen-bond donors (Lipinski definition) is 0. The van der Waals surface area contributed by atoms with E-state index in [1.165, 1.54) is 12.1 Å². The minimum Gasteiger partial charge on any atom is -0.455 e. The minimum absolute atomic E-state index is 0.0104. The molecule has 0 N–H and O–H groups in total. The predicted octanol–water partition coefficient (Wildman–Crippen LogP) is 4.45. The van der Waals surface area contributed by atoms with Gasteiger partial charge in [-0.05, 0) is 50.2 Å². The molecule has 3 aromatic rings. The molecule has 0 radical (unpaired) electrons. The van der Waals surface area contributed by atoms with E-state index in [0.717, 1.165) is 11.1 Å². The monoisotopic (exact) mass is 325 g/mol. The average Bonchev–Trinajstić information content (AvgIpc) is 3.01. The molecule has 4 nitrogen and oxygen atoms in total. The topological polar surface area (TPSA) is 52.3 Å². The number of rotatable bonds is 4. The molecule has 0 saturated heterocycles. The Morgan fingerprint density at radius 2 is 1.75 bits per heavy atom. The Morgan fingerprint density at radius 1 is 1.08 bits per heavy atom. The van der Waals surface area contributed by atoms with Crippen LogP contribution in [0.4, 0.5) is 4.39 Å². The van der Waals surface area contributed by atoms with Crippen molar-refractivity contribution in [1.29, 1.82) is 0 Å². The first-order valence-electron chi connectivity index (χ1n) is 7.48. The van der Waals surface area contributed by atoms with Crippen LogP contribution in [0.1, 0.15) is 27.2 Å². The standard InChI is InChI=1S/C19H16FNO3/c1-12-7-13(2)9-15(8-12)19(22)23-11-17-10-18(24-21-17)14-3-5-16(20)6-4-14/h3-10H,11H2,1-2H3. The summed E-state index contributed by atoms with van der Waals surface area (Å²) in [5.74, 6) is -0.235. The highest BCUT2D eigenvalue weighted by atomic mass is 19.1. The molecule has 0 unspecified atom stereocenters. The van der Waals surface area contributed by atoms with Crippen LogP contribution in [0.15, 0.2) is 53.1 Å². The summed E-state index contributed by atoms with van der Waals surface area (Å²) in [4.78, 5) is 12.1. The van der Waals surface area contributed by atoms with Gasteiger partial charge < -0.3 is 9.26 Å². The average molecular weight is 325 g/mol. The number of carbonyl (C=O) groups excluding carboxylic acids is 1. The van der Waals surface area contributed by atoms with Crippen molar-refractivity contribution in [3.8, 4) is 11.3 Å². The van der Waals surface area contributed by atoms with E-state index < -0.39 is 5.97 Å². The van der Waals surface area contributed by atoms with Gasteiger partial charge in [0.2, 0.25) is 0 Å². The highest BCUT2D eigenvalue weighted by Gasteiger charge is 2.12. The van der Waals surface area contributed by atoms with Crippen LogP contribution in [-0.2, 0) is 11.3 Å². The lowest BCUT2D eigenvalue weighted by molar-refractivity contribution is 0.0464. The van der Waals surface area contributed by atoms with Crippen molar-refractivity contribution in [3.05, 3.63) is 76.7 Å². The van der Waals surface area contributed by atoms with E-state index in [-0.39, 0.29) is 12.4 Å². The fourth-order valence-electron chi connectivity index (χ4n) is 2.45. The molecule has 0 fully saturated rings. The summed E-state index contributed by atoms with van der Waals surface area (Å²) < 4.78 is 23.4. The lowest BCUT2D eigenvalue weighted by Gasteiger charge is -2.05. The lowest BCUT2D eigenvalue weighted by Crippen LogP contribution is -2.06. The highest BCUT2D eigenvalue weighted by Crippen LogP contribution is 2.21. The summed E-state index contributed by atoms with van der Waals surface area (Å²) in [6, 6.07) is 13.1. The van der Waals surface area contributed by atoms with Crippen LogP contribution < -0.4 is 0 Å². The van der Waals surface area contributed by atoms with E-state index in [4.69, 9.17) is 9.26 Å². The zero-order valence-corrected chi connectivity index (χ0v) is 13.4. The van der Waals surface area contributed by atoms with Gasteiger partial charge in [-0.15, -0.1) is 0 Å². The van der Waals surface area contributed by atoms with E-state index in [9.17, 15) is 9.18 Å². The molecule has 122 valence electrons. The fraction of sp³-hybridized carbons (Fsp3) is 0.158. The molecule has 5 heteroatoms. The van der Waals surface area contributed by atoms with Gasteiger partial charge in [-0.2, -0.15) is 0 Å². The molecular weight excluding hydrogens is 309 g/mol. The van der Waals surface area contributed by atoms with Gasteiger partial charge in [0.15, 0.2) is 5.76 Å². The van der Waals surface area contributed by atoms with E-state index >= 15 is 0 Å². The van der Waals surface area contributed by atoms with Gasteiger partial charge in [-0.3, -0.25) is 0 Å². The molecular formula is C19H16FNO3. The quantitative estimate of drug-likeness (QED) is 0.665. The Balaban J connectivity index is 1.67. The van der Waals surface area contributed by atoms with E-state index in [0.29, 0.717) is 22.6 Å². The zero-order chi connectivity index (χ0) is 17.1. The number of ether oxygens (including phenoxy) is 1. The van der Waals surface area contributed by atoms with Gasteiger partial charge in [-0.25, -0.2) is 9.18 Å². The van der Waals surface area contributed by atoms with Crippen LogP contribution in [0.25, 0.3) is 11.3 Å². The largest absolute Gasteiger partial charge is 0.455 e. The number of hydrogen-bond acceptors (Lipinski definition) is 4. The molecule has 3 rings (SSSR count). The van der Waals surface area contributed by atoms with Crippen LogP contribution >= 0.6 is 0 Å². The van der Waals surface area contributed by atoms with E-state index in [1.807, 2.05) is 19.9 Å². The Morgan fingerprint density at radius 3 is 2.42 bits per heavy atom. The summed E-state index contributed by atoms with van der Waals surface area (Å²) in [6.45, 7) is 3.86. The summed E-state index contributed by atoms with van der Waals surface area (Å²) >= 11 is 0. The minimum atomic E-state index is -0.409. The van der Waals surface area contributed by atoms with Gasteiger partial charge in [0.1, 0.15) is 18.1 Å². The normalized spacial score (nSPS) is 10.6. The van der Waals surface area contributed by atoms with Gasteiger partial charge >= 0.3 is 5.97 Å². The molecule has 0 spiro atoms. The Bertz CT molecular complexity index is 848. The Labute approximate surface area is 138 Å². The second-order valence-electron chi connectivity index (χ2n) is 5.64. The SMILES string of the molecule is Cc1cc(C)cc(C(=O)OCc2cc(-c3ccc(F)cc3)on2)c1. The maximum Gasteiger partial charge on any atom is 0.338 e. The molecule has 0 bridgehead atoms. The van der Waals surface area contributed by atoms with Gasteiger partial charge in [0.05, 0.1) is 5.56 Å². The van der Waals surface area contributed by atoms with Crippen molar-refractivity contribution in [2.24, 2.45) is 0 Å². The predicted molar refractivity (Wildman–Crippen MR) is 86.9 cm³/mol. The van der Waals surface area contributed by atoms with Crippen LogP contribution in [0.5, 0.6) is 0 Å². The number of aromatic nitrogens is 1. The third-order valence-corrected chi connectivity index (χ3v) is 3.50. The van der Waals surface area contributed by atoms with Crippen molar-refractivity contribution >= 4 is 5.97 Å². The highest BCUT2D eigenvalue weighted by molar-refractivity contribution is 5.89. The zero-order valence-electron chi connectivity index (χ0n) is 13.4. The van der Waals surface area contributed by atoms with Gasteiger partial charge in [0, 0.05) is 11.6 Å². The van der Waals surface area contributed by atoms with Crippen LogP contribution in [-0.4, -0.2) is 11.1 Å². The van der Waals surface area contributed by atoms with Crippen LogP contribution in [0, 0.1) is 19.7 Å². The maximum atomic E-state index is 12.9. The number of halogens is 1. The Kier molecular flexibility index (Phi) is 4.42. The van der Waals surface area contributed by atoms with Crippen molar-refractivity contribution in [2.45, 2.75) is 20.5 Å². The molecule has 2 aromatic carbocycles. The van der Waals surface area contributed by atoms with Crippen molar-refractivity contribution in [3.63, 3.8) is 0 Å². The second kappa shape index (κ2) is 6.66. The molecule has 0 amide bonds. The fourth-order valence-corrected chi connectivity index (χ4v) is 2.45. The number of esters is 1. The number of carbonyl (C=O) groups is 1. The smallest absolute Gasteiger partial charge is 0.338 e. The molecule has 24 heavy (non-hydrogen) atoms. The Hall–Kier alpha value is -2.95. The lowest BCUT2D eigenvalue weighted by atomic mass is 10.1. The maximum absolute atomic E-state index is 12.9. The first-order valence-corrected chi connectivity index (χ1v) is 7.48. The third kappa shape index (κ3) is 3.68. The number of aryl methyl sites for hydroxylation is 2. The third-order valence-electron chi connectivity index (χ3n) is 3.50. The molecule has 0 aliphatic rings. The summed E-state index contributed by atoms with van der Waals surface area (Å²) in [5, 5.41) is 3.87. The van der Waals surface area contributed by atoms with Gasteiger partial charge in [-0.1, -0.05) is 22.3 Å². The first kappa shape index (κ1) is 15.9. The number of benzene rings is 2. The molecule has 0 aliphatic heterocycles. The molecule has 0 saturated carbocycles. The van der Waals surface area contributed by atoms with Crippen molar-refractivity contribution in [2.75, 3.05) is 0 Å². The van der Waals surface area contributed by atoms with Crippen molar-refractivity contribution < 1.29 is 18.4 Å². The summed E-state index contributed by atoms with van der Waals surface area (Å²) in [7, 11) is 0. The number of nitrogens with zero attached hydrogens (tertiary/aromatic N) is 1. The molecule has 1 aromatic heterocycles. The van der Waals surface area contributed by atoms with Crippen LogP contribution in [0.2, 0.25) is 0 Å². The van der Waals surface area contributed by atoms with Crippen LogP contribution in [0.3, 0.4) is 0 Å². The molecule has 0 aliphatic carbocycles. The first-order chi connectivity index (χ1) is 11.5. The van der Waals surface area contributed by atoms with E-state index in [2.05, 4.69) is 5.16 Å². The molecule has 1 heterocycles. The molecule has 0 atom stereocenters.